The van der Waals surface area contributed by atoms with Gasteiger partial charge in [-0.15, -0.1) is 0 Å². The lowest BCUT2D eigenvalue weighted by molar-refractivity contribution is -0.0227. The topological polar surface area (TPSA) is 68.5 Å². The summed E-state index contributed by atoms with van der Waals surface area (Å²) in [6, 6.07) is 3.41. The van der Waals surface area contributed by atoms with Crippen LogP contribution in [0, 0.1) is 0 Å². The molecule has 2 rings (SSSR count). The molecule has 0 saturated carbocycles. The molecular weight excluding hydrogens is 218 g/mol. The smallest absolute Gasteiger partial charge is 0.274 e. The van der Waals surface area contributed by atoms with Crippen LogP contribution in [-0.4, -0.2) is 41.6 Å². The van der Waals surface area contributed by atoms with Crippen molar-refractivity contribution < 1.29 is 9.53 Å². The predicted molar refractivity (Wildman–Crippen MR) is 64.6 cm³/mol. The molecular formula is C12H17N3O2. The molecule has 1 fully saturated rings. The number of hydrogen-bond acceptors (Lipinski definition) is 4. The number of rotatable bonds is 2. The molecule has 1 unspecified atom stereocenters. The van der Waals surface area contributed by atoms with E-state index in [1.807, 2.05) is 6.92 Å². The van der Waals surface area contributed by atoms with Crippen molar-refractivity contribution in [2.45, 2.75) is 19.4 Å². The Morgan fingerprint density at radius 3 is 3.24 bits per heavy atom. The highest BCUT2D eigenvalue weighted by molar-refractivity contribution is 5.97. The zero-order valence-electron chi connectivity index (χ0n) is 9.93. The van der Waals surface area contributed by atoms with Gasteiger partial charge in [0.2, 0.25) is 0 Å². The van der Waals surface area contributed by atoms with Gasteiger partial charge in [-0.05, 0) is 18.6 Å². The zero-order valence-corrected chi connectivity index (χ0v) is 9.93. The van der Waals surface area contributed by atoms with E-state index < -0.39 is 0 Å². The van der Waals surface area contributed by atoms with Gasteiger partial charge in [-0.1, -0.05) is 6.92 Å². The first-order valence-electron chi connectivity index (χ1n) is 5.83. The van der Waals surface area contributed by atoms with E-state index in [2.05, 4.69) is 4.98 Å². The van der Waals surface area contributed by atoms with Gasteiger partial charge in [-0.25, -0.2) is 4.98 Å². The minimum Gasteiger partial charge on any atom is -0.397 e. The molecule has 0 aromatic carbocycles. The number of ether oxygens (including phenoxy) is 1. The third-order valence-electron chi connectivity index (χ3n) is 2.92. The minimum absolute atomic E-state index is 0.107. The van der Waals surface area contributed by atoms with E-state index in [4.69, 9.17) is 10.5 Å². The van der Waals surface area contributed by atoms with Crippen LogP contribution in [0.4, 0.5) is 5.69 Å². The van der Waals surface area contributed by atoms with Gasteiger partial charge in [-0.3, -0.25) is 4.79 Å². The van der Waals surface area contributed by atoms with E-state index >= 15 is 0 Å². The monoisotopic (exact) mass is 235 g/mol. The van der Waals surface area contributed by atoms with Crippen molar-refractivity contribution in [3.63, 3.8) is 0 Å². The number of nitrogens with zero attached hydrogens (tertiary/aromatic N) is 2. The SMILES string of the molecule is CCC1CN(C(=O)c2ncccc2N)CCO1. The molecule has 0 radical (unpaired) electrons. The van der Waals surface area contributed by atoms with Crippen LogP contribution < -0.4 is 5.73 Å². The van der Waals surface area contributed by atoms with Gasteiger partial charge < -0.3 is 15.4 Å². The van der Waals surface area contributed by atoms with Crippen LogP contribution in [-0.2, 0) is 4.74 Å². The number of nitrogens with two attached hydrogens (primary N) is 1. The highest BCUT2D eigenvalue weighted by atomic mass is 16.5. The molecule has 1 saturated heterocycles. The highest BCUT2D eigenvalue weighted by Gasteiger charge is 2.25. The minimum atomic E-state index is -0.107. The summed E-state index contributed by atoms with van der Waals surface area (Å²) in [6.07, 6.45) is 2.61. The second-order valence-electron chi connectivity index (χ2n) is 4.09. The fraction of sp³-hybridized carbons (Fsp3) is 0.500. The molecule has 5 heteroatoms. The maximum absolute atomic E-state index is 12.2. The van der Waals surface area contributed by atoms with Gasteiger partial charge in [0.1, 0.15) is 0 Å². The Hall–Kier alpha value is -1.62. The Kier molecular flexibility index (Phi) is 3.58. The lowest BCUT2D eigenvalue weighted by Crippen LogP contribution is -2.45. The number of pyridine rings is 1. The largest absolute Gasteiger partial charge is 0.397 e. The number of amides is 1. The van der Waals surface area contributed by atoms with Crippen LogP contribution in [0.5, 0.6) is 0 Å². The zero-order chi connectivity index (χ0) is 12.3. The van der Waals surface area contributed by atoms with Crippen LogP contribution in [0.25, 0.3) is 0 Å². The molecule has 0 spiro atoms. The molecule has 1 aromatic heterocycles. The quantitative estimate of drug-likeness (QED) is 0.827. The van der Waals surface area contributed by atoms with Crippen LogP contribution >= 0.6 is 0 Å². The van der Waals surface area contributed by atoms with Crippen molar-refractivity contribution in [3.05, 3.63) is 24.0 Å². The predicted octanol–water partition coefficient (Wildman–Crippen LogP) is 0.915. The summed E-state index contributed by atoms with van der Waals surface area (Å²) < 4.78 is 5.53. The van der Waals surface area contributed by atoms with Crippen molar-refractivity contribution in [2.24, 2.45) is 0 Å². The lowest BCUT2D eigenvalue weighted by atomic mass is 10.2. The highest BCUT2D eigenvalue weighted by Crippen LogP contribution is 2.14. The molecule has 1 aliphatic rings. The number of anilines is 1. The molecule has 2 heterocycles. The van der Waals surface area contributed by atoms with Gasteiger partial charge in [0, 0.05) is 19.3 Å². The van der Waals surface area contributed by atoms with Crippen LogP contribution in [0.3, 0.4) is 0 Å². The Labute approximate surface area is 101 Å². The Bertz CT molecular complexity index is 408. The van der Waals surface area contributed by atoms with Gasteiger partial charge in [0.15, 0.2) is 5.69 Å². The maximum atomic E-state index is 12.2. The number of aromatic nitrogens is 1. The Morgan fingerprint density at radius 2 is 2.53 bits per heavy atom. The molecule has 2 N–H and O–H groups in total. The van der Waals surface area contributed by atoms with Crippen molar-refractivity contribution >= 4 is 11.6 Å². The summed E-state index contributed by atoms with van der Waals surface area (Å²) in [5.41, 5.74) is 6.52. The van der Waals surface area contributed by atoms with Gasteiger partial charge in [0.25, 0.3) is 5.91 Å². The van der Waals surface area contributed by atoms with E-state index in [1.165, 1.54) is 0 Å². The third kappa shape index (κ3) is 2.55. The molecule has 1 amide bonds. The number of carbonyl (C=O) groups excluding carboxylic acids is 1. The number of carbonyl (C=O) groups is 1. The number of nitrogen functional groups attached to an aromatic ring is 1. The Balaban J connectivity index is 2.12. The summed E-state index contributed by atoms with van der Waals surface area (Å²) in [6.45, 7) is 3.85. The van der Waals surface area contributed by atoms with E-state index in [1.54, 1.807) is 23.2 Å². The third-order valence-corrected chi connectivity index (χ3v) is 2.92. The van der Waals surface area contributed by atoms with Gasteiger partial charge in [-0.2, -0.15) is 0 Å². The van der Waals surface area contributed by atoms with Crippen LogP contribution in [0.1, 0.15) is 23.8 Å². The van der Waals surface area contributed by atoms with Crippen molar-refractivity contribution in [3.8, 4) is 0 Å². The summed E-state index contributed by atoms with van der Waals surface area (Å²) in [5.74, 6) is -0.107. The van der Waals surface area contributed by atoms with Gasteiger partial charge in [0.05, 0.1) is 18.4 Å². The van der Waals surface area contributed by atoms with E-state index in [0.717, 1.165) is 6.42 Å². The standard InChI is InChI=1S/C12H17N3O2/c1-2-9-8-15(6-7-17-9)12(16)11-10(13)4-3-5-14-11/h3-5,9H,2,6-8,13H2,1H3. The van der Waals surface area contributed by atoms with Crippen LogP contribution in [0.15, 0.2) is 18.3 Å². The summed E-state index contributed by atoms with van der Waals surface area (Å²) in [7, 11) is 0. The number of morpholine rings is 1. The fourth-order valence-electron chi connectivity index (χ4n) is 1.90. The first kappa shape index (κ1) is 11.9. The van der Waals surface area contributed by atoms with Crippen molar-refractivity contribution in [1.29, 1.82) is 0 Å². The molecule has 1 atom stereocenters. The average molecular weight is 235 g/mol. The molecule has 17 heavy (non-hydrogen) atoms. The maximum Gasteiger partial charge on any atom is 0.274 e. The molecule has 92 valence electrons. The van der Waals surface area contributed by atoms with Gasteiger partial charge >= 0.3 is 0 Å². The number of hydrogen-bond donors (Lipinski definition) is 1. The molecule has 1 aliphatic heterocycles. The lowest BCUT2D eigenvalue weighted by Gasteiger charge is -2.32. The van der Waals surface area contributed by atoms with Crippen molar-refractivity contribution in [2.75, 3.05) is 25.4 Å². The van der Waals surface area contributed by atoms with E-state index in [9.17, 15) is 4.79 Å². The average Bonchev–Trinajstić information content (AvgIpc) is 2.38. The van der Waals surface area contributed by atoms with Crippen molar-refractivity contribution in [1.82, 2.24) is 9.88 Å². The van der Waals surface area contributed by atoms with E-state index in [-0.39, 0.29) is 12.0 Å². The second-order valence-corrected chi connectivity index (χ2v) is 4.09. The summed E-state index contributed by atoms with van der Waals surface area (Å²) >= 11 is 0. The molecule has 0 aliphatic carbocycles. The molecule has 0 bridgehead atoms. The summed E-state index contributed by atoms with van der Waals surface area (Å²) in [4.78, 5) is 18.0. The normalized spacial score (nSPS) is 20.3. The second kappa shape index (κ2) is 5.14. The first-order valence-corrected chi connectivity index (χ1v) is 5.83. The first-order chi connectivity index (χ1) is 8.22. The molecule has 1 aromatic rings. The van der Waals surface area contributed by atoms with E-state index in [0.29, 0.717) is 31.1 Å². The summed E-state index contributed by atoms with van der Waals surface area (Å²) in [5, 5.41) is 0. The van der Waals surface area contributed by atoms with Crippen LogP contribution in [0.2, 0.25) is 0 Å². The fourth-order valence-corrected chi connectivity index (χ4v) is 1.90. The Morgan fingerprint density at radius 1 is 1.71 bits per heavy atom. The molecule has 5 nitrogen and oxygen atoms in total.